The number of aryl methyl sites for hydroxylation is 1. The molecule has 1 aliphatic rings. The maximum atomic E-state index is 4.39. The highest BCUT2D eigenvalue weighted by Gasteiger charge is 2.25. The first-order valence-corrected chi connectivity index (χ1v) is 5.93. The number of benzene rings is 1. The molecule has 2 aromatic rings. The average molecular weight is 225 g/mol. The van der Waals surface area contributed by atoms with Crippen molar-refractivity contribution in [2.75, 3.05) is 11.9 Å². The number of anilines is 1. The van der Waals surface area contributed by atoms with E-state index in [1.54, 1.807) is 6.33 Å². The molecule has 17 heavy (non-hydrogen) atoms. The highest BCUT2D eigenvalue weighted by Crippen LogP contribution is 2.35. The predicted molar refractivity (Wildman–Crippen MR) is 67.9 cm³/mol. The van der Waals surface area contributed by atoms with Crippen molar-refractivity contribution in [1.82, 2.24) is 9.97 Å². The van der Waals surface area contributed by atoms with Crippen LogP contribution in [0.4, 0.5) is 5.82 Å². The summed E-state index contributed by atoms with van der Waals surface area (Å²) in [4.78, 5) is 10.7. The van der Waals surface area contributed by atoms with E-state index in [2.05, 4.69) is 52.2 Å². The number of rotatable bonds is 1. The maximum absolute atomic E-state index is 4.39. The molecule has 0 saturated carbocycles. The van der Waals surface area contributed by atoms with Crippen molar-refractivity contribution in [1.29, 1.82) is 0 Å². The molecule has 1 aromatic carbocycles. The Balaban J connectivity index is 1.97. The first kappa shape index (κ1) is 10.3. The summed E-state index contributed by atoms with van der Waals surface area (Å²) >= 11 is 0. The molecule has 0 amide bonds. The molecular weight excluding hydrogens is 210 g/mol. The minimum Gasteiger partial charge on any atom is -0.352 e. The zero-order valence-corrected chi connectivity index (χ0v) is 9.87. The molecule has 0 N–H and O–H groups in total. The van der Waals surface area contributed by atoms with Crippen LogP contribution in [0.3, 0.4) is 0 Å². The summed E-state index contributed by atoms with van der Waals surface area (Å²) in [5.41, 5.74) is 2.61. The number of hydrogen-bond donors (Lipinski definition) is 0. The molecule has 1 atom stereocenters. The van der Waals surface area contributed by atoms with E-state index in [1.807, 2.05) is 6.20 Å². The lowest BCUT2D eigenvalue weighted by Crippen LogP contribution is -2.30. The summed E-state index contributed by atoms with van der Waals surface area (Å²) in [6.07, 6.45) is 5.74. The first-order valence-electron chi connectivity index (χ1n) is 5.93. The van der Waals surface area contributed by atoms with Crippen LogP contribution in [-0.4, -0.2) is 17.0 Å². The molecule has 0 aliphatic carbocycles. The Morgan fingerprint density at radius 2 is 2.06 bits per heavy atom. The Bertz CT molecular complexity index is 510. The fourth-order valence-corrected chi connectivity index (χ4v) is 2.54. The molecule has 2 heterocycles. The number of fused-ring (bicyclic) bond motifs is 1. The van der Waals surface area contributed by atoms with E-state index in [0.717, 1.165) is 18.7 Å². The smallest absolute Gasteiger partial charge is 0.135 e. The van der Waals surface area contributed by atoms with Crippen LogP contribution in [0.5, 0.6) is 0 Å². The van der Waals surface area contributed by atoms with E-state index in [9.17, 15) is 0 Å². The quantitative estimate of drug-likeness (QED) is 0.747. The second-order valence-corrected chi connectivity index (χ2v) is 4.45. The Labute approximate surface area is 101 Å². The second kappa shape index (κ2) is 4.17. The van der Waals surface area contributed by atoms with Crippen LogP contribution in [0.15, 0.2) is 42.9 Å². The molecule has 0 radical (unpaired) electrons. The van der Waals surface area contributed by atoms with E-state index in [-0.39, 0.29) is 0 Å². The molecule has 1 aromatic heterocycles. The summed E-state index contributed by atoms with van der Waals surface area (Å²) < 4.78 is 0. The van der Waals surface area contributed by atoms with Crippen molar-refractivity contribution in [2.45, 2.75) is 18.9 Å². The summed E-state index contributed by atoms with van der Waals surface area (Å²) in [6, 6.07) is 11.1. The zero-order chi connectivity index (χ0) is 11.7. The van der Waals surface area contributed by atoms with Crippen molar-refractivity contribution in [3.05, 3.63) is 54.0 Å². The van der Waals surface area contributed by atoms with E-state index in [0.29, 0.717) is 6.04 Å². The molecule has 0 spiro atoms. The zero-order valence-electron chi connectivity index (χ0n) is 9.87. The van der Waals surface area contributed by atoms with Gasteiger partial charge in [0.05, 0.1) is 6.04 Å². The molecule has 3 nitrogen and oxygen atoms in total. The standard InChI is InChI=1S/C14H15N3/c1-17-13(11-5-3-2-4-6-11)8-7-12-9-15-10-16-14(12)17/h2-6,9-10,13H,7-8H2,1H3. The van der Waals surface area contributed by atoms with Gasteiger partial charge in [-0.1, -0.05) is 30.3 Å². The third-order valence-corrected chi connectivity index (χ3v) is 3.44. The molecule has 3 rings (SSSR count). The van der Waals surface area contributed by atoms with Crippen molar-refractivity contribution >= 4 is 5.82 Å². The highest BCUT2D eigenvalue weighted by molar-refractivity contribution is 5.50. The van der Waals surface area contributed by atoms with Crippen molar-refractivity contribution in [3.8, 4) is 0 Å². The molecule has 3 heteroatoms. The molecule has 1 unspecified atom stereocenters. The fourth-order valence-electron chi connectivity index (χ4n) is 2.54. The fraction of sp³-hybridized carbons (Fsp3) is 0.286. The average Bonchev–Trinajstić information content (AvgIpc) is 2.40. The minimum absolute atomic E-state index is 0.429. The largest absolute Gasteiger partial charge is 0.352 e. The number of nitrogens with zero attached hydrogens (tertiary/aromatic N) is 3. The van der Waals surface area contributed by atoms with Gasteiger partial charge in [-0.25, -0.2) is 9.97 Å². The summed E-state index contributed by atoms with van der Waals surface area (Å²) in [5.74, 6) is 1.07. The van der Waals surface area contributed by atoms with Crippen LogP contribution in [0, 0.1) is 0 Å². The van der Waals surface area contributed by atoms with Crippen molar-refractivity contribution in [3.63, 3.8) is 0 Å². The minimum atomic E-state index is 0.429. The Kier molecular flexibility index (Phi) is 2.52. The van der Waals surface area contributed by atoms with Crippen LogP contribution < -0.4 is 4.90 Å². The monoisotopic (exact) mass is 225 g/mol. The van der Waals surface area contributed by atoms with Gasteiger partial charge in [0.2, 0.25) is 0 Å². The predicted octanol–water partition coefficient (Wildman–Crippen LogP) is 2.60. The second-order valence-electron chi connectivity index (χ2n) is 4.45. The lowest BCUT2D eigenvalue weighted by molar-refractivity contribution is 0.574. The topological polar surface area (TPSA) is 29.0 Å². The summed E-state index contributed by atoms with van der Waals surface area (Å²) in [7, 11) is 2.11. The van der Waals surface area contributed by atoms with E-state index < -0.39 is 0 Å². The van der Waals surface area contributed by atoms with Gasteiger partial charge in [0, 0.05) is 18.8 Å². The molecule has 0 saturated heterocycles. The SMILES string of the molecule is CN1c2ncncc2CCC1c1ccccc1. The Morgan fingerprint density at radius 1 is 1.24 bits per heavy atom. The van der Waals surface area contributed by atoms with Crippen LogP contribution in [-0.2, 0) is 6.42 Å². The lowest BCUT2D eigenvalue weighted by atomic mass is 9.94. The Hall–Kier alpha value is -1.90. The molecule has 86 valence electrons. The molecule has 0 bridgehead atoms. The van der Waals surface area contributed by atoms with Gasteiger partial charge < -0.3 is 4.90 Å². The van der Waals surface area contributed by atoms with Crippen LogP contribution in [0.2, 0.25) is 0 Å². The van der Waals surface area contributed by atoms with Gasteiger partial charge >= 0.3 is 0 Å². The van der Waals surface area contributed by atoms with Gasteiger partial charge in [0.25, 0.3) is 0 Å². The highest BCUT2D eigenvalue weighted by atomic mass is 15.2. The van der Waals surface area contributed by atoms with Crippen LogP contribution in [0.25, 0.3) is 0 Å². The number of hydrogen-bond acceptors (Lipinski definition) is 3. The van der Waals surface area contributed by atoms with E-state index in [1.165, 1.54) is 11.1 Å². The maximum Gasteiger partial charge on any atom is 0.135 e. The van der Waals surface area contributed by atoms with Crippen LogP contribution in [0.1, 0.15) is 23.6 Å². The number of aromatic nitrogens is 2. The van der Waals surface area contributed by atoms with Crippen molar-refractivity contribution < 1.29 is 0 Å². The van der Waals surface area contributed by atoms with Gasteiger partial charge in [0.15, 0.2) is 0 Å². The third kappa shape index (κ3) is 1.78. The Morgan fingerprint density at radius 3 is 2.88 bits per heavy atom. The molecule has 0 fully saturated rings. The molecular formula is C14H15N3. The van der Waals surface area contributed by atoms with Gasteiger partial charge in [0.1, 0.15) is 12.1 Å². The van der Waals surface area contributed by atoms with Gasteiger partial charge in [-0.15, -0.1) is 0 Å². The third-order valence-electron chi connectivity index (χ3n) is 3.44. The lowest BCUT2D eigenvalue weighted by Gasteiger charge is -2.34. The normalized spacial score (nSPS) is 18.9. The van der Waals surface area contributed by atoms with Crippen LogP contribution >= 0.6 is 0 Å². The first-order chi connectivity index (χ1) is 8.36. The summed E-state index contributed by atoms with van der Waals surface area (Å²) in [6.45, 7) is 0. The van der Waals surface area contributed by atoms with Gasteiger partial charge in [-0.3, -0.25) is 0 Å². The van der Waals surface area contributed by atoms with E-state index >= 15 is 0 Å². The molecule has 1 aliphatic heterocycles. The van der Waals surface area contributed by atoms with Gasteiger partial charge in [-0.2, -0.15) is 0 Å². The van der Waals surface area contributed by atoms with Crippen molar-refractivity contribution in [2.24, 2.45) is 0 Å². The summed E-state index contributed by atoms with van der Waals surface area (Å²) in [5, 5.41) is 0. The van der Waals surface area contributed by atoms with Gasteiger partial charge in [-0.05, 0) is 18.4 Å². The van der Waals surface area contributed by atoms with E-state index in [4.69, 9.17) is 0 Å².